The molecule has 1 unspecified atom stereocenters. The van der Waals surface area contributed by atoms with Crippen LogP contribution >= 0.6 is 0 Å². The predicted molar refractivity (Wildman–Crippen MR) is 139 cm³/mol. The number of nitrogens with one attached hydrogen (secondary N) is 1. The maximum Gasteiger partial charge on any atom is 0.418 e. The molecule has 5 aliphatic rings. The maximum atomic E-state index is 14.3. The molecule has 0 spiro atoms. The third-order valence-corrected chi connectivity index (χ3v) is 7.60. The lowest BCUT2D eigenvalue weighted by Gasteiger charge is -2.34. The maximum absolute atomic E-state index is 14.3. The van der Waals surface area contributed by atoms with E-state index in [2.05, 4.69) is 15.2 Å². The Labute approximate surface area is 216 Å². The minimum Gasteiger partial charge on any atom is -0.368 e. The summed E-state index contributed by atoms with van der Waals surface area (Å²) in [5.74, 6) is -0.367. The molecule has 0 aromatic heterocycles. The number of carbonyl (C=O) groups is 1. The minimum absolute atomic E-state index is 0.0687. The zero-order valence-corrected chi connectivity index (χ0v) is 21.4. The lowest BCUT2D eigenvalue weighted by molar-refractivity contribution is -0.122. The summed E-state index contributed by atoms with van der Waals surface area (Å²) in [7, 11) is 0. The number of rotatable bonds is 2. The number of halogens is 3. The van der Waals surface area contributed by atoms with Gasteiger partial charge in [-0.1, -0.05) is 19.1 Å². The number of aliphatic imine (C=N–C) groups is 1. The average molecular weight is 511 g/mol. The highest BCUT2D eigenvalue weighted by molar-refractivity contribution is 5.92. The van der Waals surface area contributed by atoms with Crippen LogP contribution in [0.4, 0.5) is 13.2 Å². The summed E-state index contributed by atoms with van der Waals surface area (Å²) in [5, 5.41) is 3.33. The van der Waals surface area contributed by atoms with Crippen LogP contribution in [0.1, 0.15) is 46.0 Å². The van der Waals surface area contributed by atoms with Crippen molar-refractivity contribution in [2.45, 2.75) is 52.1 Å². The zero-order chi connectivity index (χ0) is 26.2. The number of hydrogen-bond acceptors (Lipinski definition) is 4. The monoisotopic (exact) mass is 510 g/mol. The molecule has 1 atom stereocenters. The van der Waals surface area contributed by atoms with Crippen LogP contribution in [0.3, 0.4) is 0 Å². The molecule has 1 amide bonds. The van der Waals surface area contributed by atoms with Crippen molar-refractivity contribution in [1.29, 1.82) is 0 Å². The molecule has 4 aliphatic heterocycles. The van der Waals surface area contributed by atoms with Gasteiger partial charge in [0.15, 0.2) is 0 Å². The molecular weight excluding hydrogens is 477 g/mol. The van der Waals surface area contributed by atoms with Crippen LogP contribution in [0.15, 0.2) is 87.0 Å². The van der Waals surface area contributed by atoms with Gasteiger partial charge in [0.25, 0.3) is 5.91 Å². The molecule has 1 fully saturated rings. The molecule has 5 rings (SSSR count). The molecule has 0 bridgehead atoms. The second-order valence-corrected chi connectivity index (χ2v) is 10.3. The number of carbonyl (C=O) groups excluding carboxylic acids is 1. The third kappa shape index (κ3) is 5.44. The van der Waals surface area contributed by atoms with Crippen LogP contribution in [0.5, 0.6) is 0 Å². The number of alkyl halides is 3. The van der Waals surface area contributed by atoms with Crippen molar-refractivity contribution in [3.63, 3.8) is 0 Å². The highest BCUT2D eigenvalue weighted by Gasteiger charge is 2.39. The second kappa shape index (κ2) is 10.3. The zero-order valence-electron chi connectivity index (χ0n) is 21.4. The summed E-state index contributed by atoms with van der Waals surface area (Å²) < 4.78 is 43.0. The molecule has 0 aromatic rings. The second-order valence-electron chi connectivity index (χ2n) is 10.3. The van der Waals surface area contributed by atoms with Gasteiger partial charge in [0, 0.05) is 49.9 Å². The lowest BCUT2D eigenvalue weighted by Crippen LogP contribution is -2.43. The van der Waals surface area contributed by atoms with E-state index < -0.39 is 11.7 Å². The van der Waals surface area contributed by atoms with Crippen LogP contribution < -0.4 is 5.32 Å². The largest absolute Gasteiger partial charge is 0.418 e. The van der Waals surface area contributed by atoms with E-state index in [0.717, 1.165) is 48.9 Å². The Hall–Kier alpha value is -3.13. The van der Waals surface area contributed by atoms with E-state index in [9.17, 15) is 18.0 Å². The first-order valence-electron chi connectivity index (χ1n) is 13.1. The molecule has 1 saturated heterocycles. The highest BCUT2D eigenvalue weighted by atomic mass is 19.4. The number of hydrogen-bond donors (Lipinski definition) is 1. The van der Waals surface area contributed by atoms with Crippen molar-refractivity contribution in [1.82, 2.24) is 15.1 Å². The fourth-order valence-corrected chi connectivity index (χ4v) is 5.48. The Morgan fingerprint density at radius 2 is 1.78 bits per heavy atom. The average Bonchev–Trinajstić information content (AvgIpc) is 2.86. The molecule has 4 heterocycles. The summed E-state index contributed by atoms with van der Waals surface area (Å²) in [6, 6.07) is 0. The van der Waals surface area contributed by atoms with Crippen molar-refractivity contribution in [2.75, 3.05) is 26.2 Å². The number of piperazine rings is 1. The third-order valence-electron chi connectivity index (χ3n) is 7.60. The number of amides is 1. The molecule has 0 saturated carbocycles. The topological polar surface area (TPSA) is 47.9 Å². The van der Waals surface area contributed by atoms with Crippen molar-refractivity contribution in [3.8, 4) is 0 Å². The molecule has 1 aliphatic carbocycles. The van der Waals surface area contributed by atoms with Gasteiger partial charge in [-0.05, 0) is 79.9 Å². The molecule has 1 N–H and O–H groups in total. The lowest BCUT2D eigenvalue weighted by atomic mass is 9.84. The van der Waals surface area contributed by atoms with Crippen molar-refractivity contribution < 1.29 is 18.0 Å². The minimum atomic E-state index is -4.54. The van der Waals surface area contributed by atoms with Gasteiger partial charge >= 0.3 is 6.18 Å². The molecule has 0 radical (unpaired) electrons. The van der Waals surface area contributed by atoms with Crippen LogP contribution in [-0.2, 0) is 4.79 Å². The Morgan fingerprint density at radius 3 is 2.54 bits per heavy atom. The van der Waals surface area contributed by atoms with Crippen LogP contribution in [0.25, 0.3) is 0 Å². The molecule has 0 aromatic carbocycles. The summed E-state index contributed by atoms with van der Waals surface area (Å²) >= 11 is 0. The first-order valence-corrected chi connectivity index (χ1v) is 13.1. The van der Waals surface area contributed by atoms with Gasteiger partial charge < -0.3 is 10.2 Å². The Bertz CT molecular complexity index is 1220. The molecule has 196 valence electrons. The molecular formula is C29H33F3N4O. The fourth-order valence-electron chi connectivity index (χ4n) is 5.48. The number of nitrogens with zero attached hydrogens (tertiary/aromatic N) is 3. The first kappa shape index (κ1) is 25.5. The van der Waals surface area contributed by atoms with Crippen molar-refractivity contribution in [3.05, 3.63) is 82.0 Å². The molecule has 5 nitrogen and oxygen atoms in total. The summed E-state index contributed by atoms with van der Waals surface area (Å²) in [6.45, 7) is 7.22. The van der Waals surface area contributed by atoms with E-state index in [-0.39, 0.29) is 17.5 Å². The Balaban J connectivity index is 1.52. The summed E-state index contributed by atoms with van der Waals surface area (Å²) in [4.78, 5) is 21.7. The van der Waals surface area contributed by atoms with Gasteiger partial charge in [-0.2, -0.15) is 13.2 Å². The van der Waals surface area contributed by atoms with E-state index in [1.165, 1.54) is 12.2 Å². The standard InChI is InChI=1S/C29H33F3N4O/c1-19-6-9-23-10-11-24(35-14-12-33-13-15-35)18-36(23)27(37)17-25(19)22-5-3-4-21-8-7-20(2)34-28(21)26(16-22)29(30,31)32/h5,9-11,16-19,33H,3-4,6-8,12-15H2,1-2H3/b22-5?,23-9?,25-17+,26-16?. The smallest absolute Gasteiger partial charge is 0.368 e. The molecule has 37 heavy (non-hydrogen) atoms. The SMILES string of the molecule is CC1=NC2=C(CCC=C(/C3=C/C(=O)N4C=C(N5CCNCC5)C=CC4=CCC3C)C=C2C(F)(F)F)CC1. The van der Waals surface area contributed by atoms with Crippen molar-refractivity contribution in [2.24, 2.45) is 10.9 Å². The van der Waals surface area contributed by atoms with E-state index >= 15 is 0 Å². The van der Waals surface area contributed by atoms with E-state index in [1.54, 1.807) is 11.8 Å². The normalized spacial score (nSPS) is 26.7. The van der Waals surface area contributed by atoms with Gasteiger partial charge in [-0.25, -0.2) is 0 Å². The van der Waals surface area contributed by atoms with Gasteiger partial charge in [-0.15, -0.1) is 0 Å². The van der Waals surface area contributed by atoms with Crippen LogP contribution in [-0.4, -0.2) is 53.8 Å². The summed E-state index contributed by atoms with van der Waals surface area (Å²) in [6.07, 6.45) is 11.0. The van der Waals surface area contributed by atoms with Crippen LogP contribution in [0, 0.1) is 5.92 Å². The van der Waals surface area contributed by atoms with E-state index in [4.69, 9.17) is 0 Å². The van der Waals surface area contributed by atoms with Crippen LogP contribution in [0.2, 0.25) is 0 Å². The number of allylic oxidation sites excluding steroid dienone is 9. The quantitative estimate of drug-likeness (QED) is 0.519. The highest BCUT2D eigenvalue weighted by Crippen LogP contribution is 2.41. The van der Waals surface area contributed by atoms with Gasteiger partial charge in [0.2, 0.25) is 0 Å². The summed E-state index contributed by atoms with van der Waals surface area (Å²) in [5.41, 5.74) is 3.70. The van der Waals surface area contributed by atoms with Gasteiger partial charge in [-0.3, -0.25) is 14.7 Å². The Kier molecular flexibility index (Phi) is 7.12. The van der Waals surface area contributed by atoms with E-state index in [0.29, 0.717) is 43.3 Å². The fraction of sp³-hybridized carbons (Fsp3) is 0.448. The van der Waals surface area contributed by atoms with Gasteiger partial charge in [0.1, 0.15) is 0 Å². The first-order chi connectivity index (χ1) is 17.7. The van der Waals surface area contributed by atoms with Crippen molar-refractivity contribution >= 4 is 11.6 Å². The van der Waals surface area contributed by atoms with Gasteiger partial charge in [0.05, 0.1) is 17.0 Å². The predicted octanol–water partition coefficient (Wildman–Crippen LogP) is 5.70. The van der Waals surface area contributed by atoms with E-state index in [1.807, 2.05) is 37.4 Å². The number of fused-ring (bicyclic) bond motifs is 1. The Morgan fingerprint density at radius 1 is 1.03 bits per heavy atom. The molecule has 8 heteroatoms.